The molecule has 0 radical (unpaired) electrons. The number of nitrogens with zero attached hydrogens (tertiary/aromatic N) is 2. The third kappa shape index (κ3) is 2.26. The van der Waals surface area contributed by atoms with E-state index in [1.165, 1.54) is 19.3 Å². The van der Waals surface area contributed by atoms with Gasteiger partial charge in [-0.25, -0.2) is 4.79 Å². The van der Waals surface area contributed by atoms with Gasteiger partial charge in [0.05, 0.1) is 12.6 Å². The molecule has 1 fully saturated rings. The highest BCUT2D eigenvalue weighted by Crippen LogP contribution is 2.28. The van der Waals surface area contributed by atoms with Crippen LogP contribution in [0.1, 0.15) is 55.6 Å². The second kappa shape index (κ2) is 5.14. The minimum Gasteiger partial charge on any atom is -0.461 e. The highest BCUT2D eigenvalue weighted by Gasteiger charge is 2.21. The van der Waals surface area contributed by atoms with Crippen molar-refractivity contribution in [3.05, 3.63) is 18.0 Å². The van der Waals surface area contributed by atoms with E-state index >= 15 is 0 Å². The zero-order chi connectivity index (χ0) is 11.4. The van der Waals surface area contributed by atoms with E-state index in [1.54, 1.807) is 12.3 Å². The maximum absolute atomic E-state index is 11.7. The van der Waals surface area contributed by atoms with Crippen molar-refractivity contribution in [2.45, 2.75) is 45.1 Å². The first-order valence-corrected chi connectivity index (χ1v) is 6.03. The van der Waals surface area contributed by atoms with Gasteiger partial charge in [-0.1, -0.05) is 19.3 Å². The molecule has 0 aliphatic heterocycles. The van der Waals surface area contributed by atoms with Gasteiger partial charge in [0.25, 0.3) is 0 Å². The van der Waals surface area contributed by atoms with Gasteiger partial charge in [-0.05, 0) is 25.8 Å². The molecule has 0 saturated heterocycles. The van der Waals surface area contributed by atoms with Crippen LogP contribution < -0.4 is 0 Å². The Morgan fingerprint density at radius 1 is 1.50 bits per heavy atom. The lowest BCUT2D eigenvalue weighted by Gasteiger charge is -2.23. The maximum atomic E-state index is 11.7. The predicted molar refractivity (Wildman–Crippen MR) is 60.3 cm³/mol. The Morgan fingerprint density at radius 2 is 2.25 bits per heavy atom. The van der Waals surface area contributed by atoms with Crippen LogP contribution in [0.15, 0.2) is 12.3 Å². The van der Waals surface area contributed by atoms with E-state index in [9.17, 15) is 4.79 Å². The van der Waals surface area contributed by atoms with Crippen LogP contribution in [-0.2, 0) is 4.74 Å². The molecule has 2 rings (SSSR count). The Labute approximate surface area is 95.6 Å². The first-order chi connectivity index (χ1) is 7.83. The van der Waals surface area contributed by atoms with Crippen LogP contribution in [0.2, 0.25) is 0 Å². The highest BCUT2D eigenvalue weighted by molar-refractivity contribution is 5.87. The molecule has 88 valence electrons. The predicted octanol–water partition coefficient (Wildman–Crippen LogP) is 2.57. The smallest absolute Gasteiger partial charge is 0.356 e. The van der Waals surface area contributed by atoms with Gasteiger partial charge in [0.2, 0.25) is 0 Å². The molecule has 1 aromatic rings. The van der Waals surface area contributed by atoms with Crippen molar-refractivity contribution in [2.24, 2.45) is 0 Å². The second-order valence-corrected chi connectivity index (χ2v) is 4.17. The van der Waals surface area contributed by atoms with Crippen molar-refractivity contribution in [1.29, 1.82) is 0 Å². The first kappa shape index (κ1) is 11.2. The molecular formula is C12H18N2O2. The summed E-state index contributed by atoms with van der Waals surface area (Å²) < 4.78 is 6.86. The van der Waals surface area contributed by atoms with Crippen LogP contribution in [0.25, 0.3) is 0 Å². The van der Waals surface area contributed by atoms with Crippen LogP contribution in [0, 0.1) is 0 Å². The Hall–Kier alpha value is -1.32. The summed E-state index contributed by atoms with van der Waals surface area (Å²) in [5.41, 5.74) is 0.591. The molecule has 16 heavy (non-hydrogen) atoms. The molecule has 0 spiro atoms. The van der Waals surface area contributed by atoms with Crippen LogP contribution in [0.3, 0.4) is 0 Å². The van der Waals surface area contributed by atoms with Gasteiger partial charge < -0.3 is 4.74 Å². The standard InChI is InChI=1S/C12H18N2O2/c1-2-16-12(15)11-8-9-13-14(11)10-6-4-3-5-7-10/h8-10H,2-7H2,1H3. The van der Waals surface area contributed by atoms with Crippen LogP contribution in [0.5, 0.6) is 0 Å². The van der Waals surface area contributed by atoms with E-state index in [0.29, 0.717) is 18.3 Å². The molecular weight excluding hydrogens is 204 g/mol. The fraction of sp³-hybridized carbons (Fsp3) is 0.667. The quantitative estimate of drug-likeness (QED) is 0.738. The SMILES string of the molecule is CCOC(=O)c1ccnn1C1CCCCC1. The van der Waals surface area contributed by atoms with Crippen molar-refractivity contribution in [3.63, 3.8) is 0 Å². The molecule has 0 aromatic carbocycles. The molecule has 4 nitrogen and oxygen atoms in total. The molecule has 0 unspecified atom stereocenters. The Morgan fingerprint density at radius 3 is 2.94 bits per heavy atom. The van der Waals surface area contributed by atoms with E-state index in [0.717, 1.165) is 12.8 Å². The van der Waals surface area contributed by atoms with Gasteiger partial charge in [-0.3, -0.25) is 4.68 Å². The Bertz CT molecular complexity index is 354. The first-order valence-electron chi connectivity index (χ1n) is 6.03. The average molecular weight is 222 g/mol. The van der Waals surface area contributed by atoms with Crippen molar-refractivity contribution >= 4 is 5.97 Å². The van der Waals surface area contributed by atoms with E-state index in [-0.39, 0.29) is 5.97 Å². The molecule has 0 N–H and O–H groups in total. The van der Waals surface area contributed by atoms with Crippen LogP contribution in [-0.4, -0.2) is 22.4 Å². The summed E-state index contributed by atoms with van der Waals surface area (Å²) in [6, 6.07) is 2.12. The van der Waals surface area contributed by atoms with E-state index in [1.807, 2.05) is 11.6 Å². The third-order valence-electron chi connectivity index (χ3n) is 3.08. The van der Waals surface area contributed by atoms with Crippen molar-refractivity contribution in [1.82, 2.24) is 9.78 Å². The van der Waals surface area contributed by atoms with Crippen molar-refractivity contribution in [3.8, 4) is 0 Å². The van der Waals surface area contributed by atoms with Gasteiger partial charge >= 0.3 is 5.97 Å². The summed E-state index contributed by atoms with van der Waals surface area (Å²) in [6.07, 6.45) is 7.68. The lowest BCUT2D eigenvalue weighted by molar-refractivity contribution is 0.0506. The highest BCUT2D eigenvalue weighted by atomic mass is 16.5. The number of carbonyl (C=O) groups is 1. The monoisotopic (exact) mass is 222 g/mol. The summed E-state index contributed by atoms with van der Waals surface area (Å²) in [7, 11) is 0. The van der Waals surface area contributed by atoms with Crippen molar-refractivity contribution in [2.75, 3.05) is 6.61 Å². The van der Waals surface area contributed by atoms with Crippen LogP contribution in [0.4, 0.5) is 0 Å². The molecule has 4 heteroatoms. The minimum absolute atomic E-state index is 0.259. The molecule has 0 amide bonds. The summed E-state index contributed by atoms with van der Waals surface area (Å²) >= 11 is 0. The molecule has 1 aliphatic rings. The summed E-state index contributed by atoms with van der Waals surface area (Å²) in [5.74, 6) is -0.259. The number of hydrogen-bond donors (Lipinski definition) is 0. The van der Waals surface area contributed by atoms with Crippen molar-refractivity contribution < 1.29 is 9.53 Å². The number of rotatable bonds is 3. The largest absolute Gasteiger partial charge is 0.461 e. The van der Waals surface area contributed by atoms with E-state index in [4.69, 9.17) is 4.74 Å². The fourth-order valence-corrected chi connectivity index (χ4v) is 2.30. The fourth-order valence-electron chi connectivity index (χ4n) is 2.30. The molecule has 1 saturated carbocycles. The zero-order valence-electron chi connectivity index (χ0n) is 9.69. The third-order valence-corrected chi connectivity index (χ3v) is 3.08. The van der Waals surface area contributed by atoms with Gasteiger partial charge in [-0.2, -0.15) is 5.10 Å². The van der Waals surface area contributed by atoms with E-state index in [2.05, 4.69) is 5.10 Å². The van der Waals surface area contributed by atoms with E-state index < -0.39 is 0 Å². The number of esters is 1. The summed E-state index contributed by atoms with van der Waals surface area (Å²) in [5, 5.41) is 4.26. The topological polar surface area (TPSA) is 44.1 Å². The van der Waals surface area contributed by atoms with Gasteiger partial charge in [0.1, 0.15) is 5.69 Å². The lowest BCUT2D eigenvalue weighted by atomic mass is 9.95. The molecule has 0 atom stereocenters. The average Bonchev–Trinajstić information content (AvgIpc) is 2.79. The minimum atomic E-state index is -0.259. The zero-order valence-corrected chi connectivity index (χ0v) is 9.69. The normalized spacial score (nSPS) is 17.3. The Kier molecular flexibility index (Phi) is 3.59. The molecule has 1 heterocycles. The molecule has 1 aromatic heterocycles. The number of carbonyl (C=O) groups excluding carboxylic acids is 1. The summed E-state index contributed by atoms with van der Waals surface area (Å²) in [6.45, 7) is 2.23. The lowest BCUT2D eigenvalue weighted by Crippen LogP contribution is -2.20. The van der Waals surface area contributed by atoms with Gasteiger partial charge in [-0.15, -0.1) is 0 Å². The molecule has 1 aliphatic carbocycles. The van der Waals surface area contributed by atoms with Gasteiger partial charge in [0.15, 0.2) is 0 Å². The summed E-state index contributed by atoms with van der Waals surface area (Å²) in [4.78, 5) is 11.7. The number of hydrogen-bond acceptors (Lipinski definition) is 3. The second-order valence-electron chi connectivity index (χ2n) is 4.17. The molecule has 0 bridgehead atoms. The number of ether oxygens (including phenoxy) is 1. The maximum Gasteiger partial charge on any atom is 0.356 e. The Balaban J connectivity index is 2.14. The van der Waals surface area contributed by atoms with Gasteiger partial charge in [0, 0.05) is 6.20 Å². The van der Waals surface area contributed by atoms with Crippen LogP contribution >= 0.6 is 0 Å². The number of aromatic nitrogens is 2.